The van der Waals surface area contributed by atoms with E-state index in [2.05, 4.69) is 16.0 Å². The predicted molar refractivity (Wildman–Crippen MR) is 75.2 cm³/mol. The number of aromatic nitrogens is 2. The molecule has 4 nitrogen and oxygen atoms in total. The van der Waals surface area contributed by atoms with Gasteiger partial charge in [-0.15, -0.1) is 11.6 Å². The van der Waals surface area contributed by atoms with Crippen LogP contribution in [0.2, 0.25) is 0 Å². The second kappa shape index (κ2) is 5.21. The fraction of sp³-hybridized carbons (Fsp3) is 0.429. The summed E-state index contributed by atoms with van der Waals surface area (Å²) < 4.78 is 0. The Labute approximate surface area is 116 Å². The smallest absolute Gasteiger partial charge is 0.222 e. The average molecular weight is 278 g/mol. The first kappa shape index (κ1) is 12.5. The van der Waals surface area contributed by atoms with Crippen LogP contribution in [0.5, 0.6) is 0 Å². The fourth-order valence-electron chi connectivity index (χ4n) is 2.65. The number of nitrogens with zero attached hydrogens (tertiary/aromatic N) is 2. The highest BCUT2D eigenvalue weighted by molar-refractivity contribution is 6.18. The number of halogens is 1. The molecule has 100 valence electrons. The summed E-state index contributed by atoms with van der Waals surface area (Å²) >= 11 is 5.82. The zero-order valence-electron chi connectivity index (χ0n) is 10.6. The number of carbonyl (C=O) groups is 1. The van der Waals surface area contributed by atoms with Crippen molar-refractivity contribution in [3.05, 3.63) is 30.1 Å². The van der Waals surface area contributed by atoms with Gasteiger partial charge in [0.25, 0.3) is 0 Å². The molecule has 5 heteroatoms. The van der Waals surface area contributed by atoms with Crippen molar-refractivity contribution in [3.63, 3.8) is 0 Å². The molecule has 1 aliphatic heterocycles. The van der Waals surface area contributed by atoms with Crippen LogP contribution in [-0.2, 0) is 11.2 Å². The molecule has 1 unspecified atom stereocenters. The maximum Gasteiger partial charge on any atom is 0.222 e. The van der Waals surface area contributed by atoms with Gasteiger partial charge in [-0.05, 0) is 30.0 Å². The Morgan fingerprint density at radius 2 is 2.42 bits per heavy atom. The first-order chi connectivity index (χ1) is 9.28. The lowest BCUT2D eigenvalue weighted by molar-refractivity contribution is -0.127. The molecule has 1 amide bonds. The molecule has 0 radical (unpaired) electrons. The Kier molecular flexibility index (Phi) is 3.42. The first-order valence-electron chi connectivity index (χ1n) is 6.52. The maximum atomic E-state index is 11.8. The van der Waals surface area contributed by atoms with E-state index in [1.54, 1.807) is 6.20 Å². The van der Waals surface area contributed by atoms with Crippen molar-refractivity contribution < 1.29 is 4.79 Å². The number of amides is 1. The van der Waals surface area contributed by atoms with Crippen molar-refractivity contribution in [2.24, 2.45) is 5.92 Å². The largest absolute Gasteiger partial charge is 0.346 e. The van der Waals surface area contributed by atoms with Gasteiger partial charge in [0.1, 0.15) is 5.65 Å². The third kappa shape index (κ3) is 2.45. The third-order valence-corrected chi connectivity index (χ3v) is 4.14. The molecule has 1 saturated heterocycles. The van der Waals surface area contributed by atoms with Crippen LogP contribution in [0.25, 0.3) is 11.0 Å². The van der Waals surface area contributed by atoms with Gasteiger partial charge in [0.2, 0.25) is 5.91 Å². The summed E-state index contributed by atoms with van der Waals surface area (Å²) in [6.07, 6.45) is 5.21. The van der Waals surface area contributed by atoms with Gasteiger partial charge in [-0.2, -0.15) is 0 Å². The SMILES string of the molecule is O=C1CC(CCl)CN1CCc1c[nH]c2ncccc12. The Balaban J connectivity index is 1.68. The lowest BCUT2D eigenvalue weighted by Gasteiger charge is -2.15. The standard InChI is InChI=1S/C14H16ClN3O/c15-7-10-6-13(19)18(9-10)5-3-11-8-17-14-12(11)2-1-4-16-14/h1-2,4,8,10H,3,5-7,9H2,(H,16,17). The fourth-order valence-corrected chi connectivity index (χ4v) is 2.86. The monoisotopic (exact) mass is 277 g/mol. The van der Waals surface area contributed by atoms with E-state index in [4.69, 9.17) is 11.6 Å². The molecule has 3 rings (SSSR count). The van der Waals surface area contributed by atoms with Gasteiger partial charge in [-0.3, -0.25) is 4.79 Å². The molecule has 1 aliphatic rings. The van der Waals surface area contributed by atoms with E-state index in [9.17, 15) is 4.79 Å². The van der Waals surface area contributed by atoms with Crippen LogP contribution < -0.4 is 0 Å². The van der Waals surface area contributed by atoms with Crippen molar-refractivity contribution in [2.45, 2.75) is 12.8 Å². The van der Waals surface area contributed by atoms with E-state index in [1.807, 2.05) is 17.2 Å². The second-order valence-corrected chi connectivity index (χ2v) is 5.34. The van der Waals surface area contributed by atoms with Crippen molar-refractivity contribution >= 4 is 28.5 Å². The zero-order chi connectivity index (χ0) is 13.2. The quantitative estimate of drug-likeness (QED) is 0.871. The minimum Gasteiger partial charge on any atom is -0.346 e. The van der Waals surface area contributed by atoms with Gasteiger partial charge < -0.3 is 9.88 Å². The van der Waals surface area contributed by atoms with Crippen molar-refractivity contribution in [2.75, 3.05) is 19.0 Å². The molecule has 0 spiro atoms. The highest BCUT2D eigenvalue weighted by Gasteiger charge is 2.28. The maximum absolute atomic E-state index is 11.8. The van der Waals surface area contributed by atoms with Crippen molar-refractivity contribution in [1.82, 2.24) is 14.9 Å². The molecule has 1 atom stereocenters. The first-order valence-corrected chi connectivity index (χ1v) is 7.06. The van der Waals surface area contributed by atoms with Crippen molar-refractivity contribution in [3.8, 4) is 0 Å². The zero-order valence-corrected chi connectivity index (χ0v) is 11.4. The Hall–Kier alpha value is -1.55. The number of nitrogens with one attached hydrogen (secondary N) is 1. The summed E-state index contributed by atoms with van der Waals surface area (Å²) in [5.74, 6) is 1.11. The van der Waals surface area contributed by atoms with Crippen LogP contribution in [0.4, 0.5) is 0 Å². The molecule has 19 heavy (non-hydrogen) atoms. The van der Waals surface area contributed by atoms with Gasteiger partial charge in [-0.1, -0.05) is 0 Å². The summed E-state index contributed by atoms with van der Waals surface area (Å²) in [5, 5.41) is 1.14. The molecular weight excluding hydrogens is 262 g/mol. The van der Waals surface area contributed by atoms with E-state index in [0.717, 1.165) is 30.5 Å². The van der Waals surface area contributed by atoms with Crippen LogP contribution in [-0.4, -0.2) is 39.7 Å². The molecular formula is C14H16ClN3O. The van der Waals surface area contributed by atoms with E-state index in [-0.39, 0.29) is 5.91 Å². The van der Waals surface area contributed by atoms with Crippen LogP contribution in [0.1, 0.15) is 12.0 Å². The number of fused-ring (bicyclic) bond motifs is 1. The van der Waals surface area contributed by atoms with E-state index >= 15 is 0 Å². The molecule has 1 fully saturated rings. The molecule has 0 saturated carbocycles. The van der Waals surface area contributed by atoms with E-state index in [1.165, 1.54) is 5.56 Å². The van der Waals surface area contributed by atoms with Gasteiger partial charge >= 0.3 is 0 Å². The summed E-state index contributed by atoms with van der Waals surface area (Å²) in [6, 6.07) is 3.99. The number of carbonyl (C=O) groups excluding carboxylic acids is 1. The molecule has 3 heterocycles. The topological polar surface area (TPSA) is 49.0 Å². The highest BCUT2D eigenvalue weighted by atomic mass is 35.5. The summed E-state index contributed by atoms with van der Waals surface area (Å²) in [4.78, 5) is 21.2. The van der Waals surface area contributed by atoms with Gasteiger partial charge in [0.05, 0.1) is 0 Å². The number of rotatable bonds is 4. The molecule has 1 N–H and O–H groups in total. The number of pyridine rings is 1. The van der Waals surface area contributed by atoms with Crippen LogP contribution in [0.15, 0.2) is 24.5 Å². The average Bonchev–Trinajstić information content (AvgIpc) is 3.00. The minimum atomic E-state index is 0.226. The third-order valence-electron chi connectivity index (χ3n) is 3.70. The highest BCUT2D eigenvalue weighted by Crippen LogP contribution is 2.21. The Bertz CT molecular complexity index is 595. The number of aromatic amines is 1. The molecule has 2 aromatic rings. The minimum absolute atomic E-state index is 0.226. The number of hydrogen-bond donors (Lipinski definition) is 1. The van der Waals surface area contributed by atoms with Crippen molar-refractivity contribution in [1.29, 1.82) is 0 Å². The molecule has 0 bridgehead atoms. The summed E-state index contributed by atoms with van der Waals surface area (Å²) in [5.41, 5.74) is 2.12. The molecule has 0 aliphatic carbocycles. The van der Waals surface area contributed by atoms with Crippen LogP contribution in [0, 0.1) is 5.92 Å². The van der Waals surface area contributed by atoms with E-state index in [0.29, 0.717) is 18.2 Å². The molecule has 0 aromatic carbocycles. The molecule has 2 aromatic heterocycles. The van der Waals surface area contributed by atoms with Gasteiger partial charge in [0.15, 0.2) is 0 Å². The Morgan fingerprint density at radius 3 is 3.21 bits per heavy atom. The van der Waals surface area contributed by atoms with Gasteiger partial charge in [0, 0.05) is 43.2 Å². The number of hydrogen-bond acceptors (Lipinski definition) is 2. The van der Waals surface area contributed by atoms with E-state index < -0.39 is 0 Å². The summed E-state index contributed by atoms with van der Waals surface area (Å²) in [6.45, 7) is 1.55. The normalized spacial score (nSPS) is 19.5. The Morgan fingerprint density at radius 1 is 1.53 bits per heavy atom. The van der Waals surface area contributed by atoms with Crippen LogP contribution in [0.3, 0.4) is 0 Å². The lowest BCUT2D eigenvalue weighted by atomic mass is 10.1. The number of alkyl halides is 1. The lowest BCUT2D eigenvalue weighted by Crippen LogP contribution is -2.27. The number of H-pyrrole nitrogens is 1. The van der Waals surface area contributed by atoms with Gasteiger partial charge in [-0.25, -0.2) is 4.98 Å². The summed E-state index contributed by atoms with van der Waals surface area (Å²) in [7, 11) is 0. The predicted octanol–water partition coefficient (Wildman–Crippen LogP) is 2.19. The number of likely N-dealkylation sites (tertiary alicyclic amines) is 1. The van der Waals surface area contributed by atoms with Crippen LogP contribution >= 0.6 is 11.6 Å². The second-order valence-electron chi connectivity index (χ2n) is 5.03.